The van der Waals surface area contributed by atoms with Crippen molar-refractivity contribution in [2.24, 2.45) is 0 Å². The molecule has 0 aromatic rings. The molecule has 0 N–H and O–H groups in total. The van der Waals surface area contributed by atoms with E-state index in [0.29, 0.717) is 12.8 Å². The van der Waals surface area contributed by atoms with Crippen molar-refractivity contribution in [2.45, 2.75) is 161 Å². The van der Waals surface area contributed by atoms with E-state index in [1.54, 1.807) is 21.1 Å². The number of allylic oxidation sites excluding steroid dienone is 16. The molecular formula is C50H81NO7. The Balaban J connectivity index is 4.55. The lowest BCUT2D eigenvalue weighted by Gasteiger charge is -2.34. The van der Waals surface area contributed by atoms with Crippen molar-refractivity contribution in [3.8, 4) is 0 Å². The van der Waals surface area contributed by atoms with E-state index in [0.717, 1.165) is 57.8 Å². The lowest BCUT2D eigenvalue weighted by molar-refractivity contribution is -0.889. The van der Waals surface area contributed by atoms with E-state index >= 15 is 0 Å². The minimum absolute atomic E-state index is 0.00409. The van der Waals surface area contributed by atoms with Crippen molar-refractivity contribution in [1.29, 1.82) is 0 Å². The normalized spacial score (nSPS) is 13.9. The number of carbonyl (C=O) groups is 3. The SMILES string of the molecule is CC/C=C/C/C=C/C/C=C/C/C=C/C/C=C/CCCC(=O)OC(COCCC(C(=O)[O-])[N+](C)(C)C)COC(=O)CCC/C=C/C/C=C/C/C=C/CCCCCCCC. The Morgan fingerprint density at radius 3 is 1.43 bits per heavy atom. The first-order valence-electron chi connectivity index (χ1n) is 22.3. The Labute approximate surface area is 354 Å². The lowest BCUT2D eigenvalue weighted by atomic mass is 10.1. The molecular weight excluding hydrogens is 727 g/mol. The number of likely N-dealkylation sites (N-methyl/N-ethyl adjacent to an activating group) is 1. The first-order chi connectivity index (χ1) is 28.1. The van der Waals surface area contributed by atoms with Gasteiger partial charge < -0.3 is 28.6 Å². The zero-order valence-corrected chi connectivity index (χ0v) is 37.2. The molecule has 2 atom stereocenters. The summed E-state index contributed by atoms with van der Waals surface area (Å²) >= 11 is 0. The maximum atomic E-state index is 12.7. The quantitative estimate of drug-likeness (QED) is 0.0265. The summed E-state index contributed by atoms with van der Waals surface area (Å²) < 4.78 is 17.0. The van der Waals surface area contributed by atoms with Crippen molar-refractivity contribution in [1.82, 2.24) is 0 Å². The monoisotopic (exact) mass is 808 g/mol. The Kier molecular flexibility index (Phi) is 37.5. The van der Waals surface area contributed by atoms with Gasteiger partial charge in [-0.2, -0.15) is 0 Å². The predicted molar refractivity (Wildman–Crippen MR) is 240 cm³/mol. The molecule has 0 aliphatic carbocycles. The number of carboxylic acids is 1. The van der Waals surface area contributed by atoms with Crippen LogP contribution in [0.5, 0.6) is 0 Å². The smallest absolute Gasteiger partial charge is 0.306 e. The third kappa shape index (κ3) is 37.8. The molecule has 8 nitrogen and oxygen atoms in total. The molecule has 0 fully saturated rings. The van der Waals surface area contributed by atoms with Crippen molar-refractivity contribution in [2.75, 3.05) is 41.0 Å². The highest BCUT2D eigenvalue weighted by Crippen LogP contribution is 2.10. The van der Waals surface area contributed by atoms with Gasteiger partial charge in [0.05, 0.1) is 40.3 Å². The number of nitrogens with zero attached hydrogens (tertiary/aromatic N) is 1. The van der Waals surface area contributed by atoms with Gasteiger partial charge in [-0.3, -0.25) is 9.59 Å². The largest absolute Gasteiger partial charge is 0.544 e. The van der Waals surface area contributed by atoms with Gasteiger partial charge in [-0.1, -0.05) is 143 Å². The van der Waals surface area contributed by atoms with Gasteiger partial charge >= 0.3 is 11.9 Å². The average Bonchev–Trinajstić information content (AvgIpc) is 3.18. The number of carbonyl (C=O) groups excluding carboxylic acids is 3. The molecule has 0 aliphatic rings. The Bertz CT molecular complexity index is 1260. The molecule has 8 heteroatoms. The zero-order valence-electron chi connectivity index (χ0n) is 37.2. The number of aliphatic carboxylic acids is 1. The van der Waals surface area contributed by atoms with Crippen LogP contribution in [0.1, 0.15) is 149 Å². The minimum atomic E-state index is -1.14. The van der Waals surface area contributed by atoms with E-state index in [2.05, 4.69) is 111 Å². The summed E-state index contributed by atoms with van der Waals surface area (Å²) in [5.74, 6) is -1.89. The number of ether oxygens (including phenoxy) is 3. The second-order valence-electron chi connectivity index (χ2n) is 15.5. The molecule has 0 rings (SSSR count). The Hall–Kier alpha value is -3.75. The van der Waals surface area contributed by atoms with E-state index in [1.165, 1.54) is 44.9 Å². The van der Waals surface area contributed by atoms with Crippen molar-refractivity contribution in [3.63, 3.8) is 0 Å². The summed E-state index contributed by atoms with van der Waals surface area (Å²) in [7, 11) is 5.36. The average molecular weight is 808 g/mol. The predicted octanol–water partition coefficient (Wildman–Crippen LogP) is 11.0. The van der Waals surface area contributed by atoms with Crippen LogP contribution in [-0.4, -0.2) is 75.5 Å². The van der Waals surface area contributed by atoms with Crippen LogP contribution in [-0.2, 0) is 28.6 Å². The molecule has 328 valence electrons. The van der Waals surface area contributed by atoms with Crippen LogP contribution in [0.4, 0.5) is 0 Å². The highest BCUT2D eigenvalue weighted by atomic mass is 16.6. The molecule has 0 heterocycles. The molecule has 0 bridgehead atoms. The first kappa shape index (κ1) is 54.2. The molecule has 0 saturated heterocycles. The van der Waals surface area contributed by atoms with Gasteiger partial charge in [0.2, 0.25) is 0 Å². The van der Waals surface area contributed by atoms with Crippen LogP contribution < -0.4 is 5.11 Å². The van der Waals surface area contributed by atoms with Crippen molar-refractivity contribution >= 4 is 17.9 Å². The molecule has 0 spiro atoms. The summed E-state index contributed by atoms with van der Waals surface area (Å²) in [5, 5.41) is 11.6. The van der Waals surface area contributed by atoms with E-state index in [-0.39, 0.29) is 55.5 Å². The second-order valence-corrected chi connectivity index (χ2v) is 15.5. The van der Waals surface area contributed by atoms with Gasteiger partial charge in [-0.05, 0) is 83.5 Å². The van der Waals surface area contributed by atoms with Crippen LogP contribution in [0.2, 0.25) is 0 Å². The molecule has 2 unspecified atom stereocenters. The van der Waals surface area contributed by atoms with E-state index in [4.69, 9.17) is 14.2 Å². The minimum Gasteiger partial charge on any atom is -0.544 e. The van der Waals surface area contributed by atoms with Gasteiger partial charge in [0.15, 0.2) is 6.10 Å². The summed E-state index contributed by atoms with van der Waals surface area (Å²) in [6, 6.07) is -0.749. The fraction of sp³-hybridized carbons (Fsp3) is 0.620. The molecule has 0 saturated carbocycles. The Morgan fingerprint density at radius 1 is 0.534 bits per heavy atom. The van der Waals surface area contributed by atoms with Crippen LogP contribution in [0.3, 0.4) is 0 Å². The van der Waals surface area contributed by atoms with Gasteiger partial charge in [-0.25, -0.2) is 0 Å². The van der Waals surface area contributed by atoms with Crippen LogP contribution in [0.25, 0.3) is 0 Å². The first-order valence-corrected chi connectivity index (χ1v) is 22.3. The van der Waals surface area contributed by atoms with E-state index in [9.17, 15) is 19.5 Å². The second kappa shape index (κ2) is 40.0. The number of rotatable bonds is 38. The van der Waals surface area contributed by atoms with Gasteiger partial charge in [-0.15, -0.1) is 0 Å². The summed E-state index contributed by atoms with van der Waals surface area (Å²) in [6.45, 7) is 4.40. The standard InChI is InChI=1S/C50H81NO7/c1-6-8-10-12-14-16-18-20-22-24-26-28-30-32-34-36-38-40-48(52)57-45-46(44-56-43-42-47(50(54)55)51(3,4)5)58-49(53)41-39-37-35-33-31-29-27-25-23-21-19-17-15-13-11-9-7-2/h9,11,15,17,20-23,26-29,32-35,46-47H,6-8,10,12-14,16,18-19,24-25,30-31,36-45H2,1-5H3/b11-9+,17-15+,22-20+,23-21+,28-26+,29-27+,34-32+,35-33+. The summed E-state index contributed by atoms with van der Waals surface area (Å²) in [6.07, 6.45) is 53.1. The molecule has 0 radical (unpaired) electrons. The van der Waals surface area contributed by atoms with Gasteiger partial charge in [0, 0.05) is 19.3 Å². The number of hydrogen-bond donors (Lipinski definition) is 0. The molecule has 0 aliphatic heterocycles. The summed E-state index contributed by atoms with van der Waals surface area (Å²) in [4.78, 5) is 36.8. The zero-order chi connectivity index (χ0) is 42.8. The third-order valence-corrected chi connectivity index (χ3v) is 9.20. The number of hydrogen-bond acceptors (Lipinski definition) is 7. The summed E-state index contributed by atoms with van der Waals surface area (Å²) in [5.41, 5.74) is 0. The topological polar surface area (TPSA) is 102 Å². The van der Waals surface area contributed by atoms with Crippen molar-refractivity contribution < 1.29 is 38.2 Å². The fourth-order valence-corrected chi connectivity index (χ4v) is 5.77. The molecule has 58 heavy (non-hydrogen) atoms. The number of esters is 2. The van der Waals surface area contributed by atoms with E-state index < -0.39 is 18.1 Å². The number of carboxylic acid groups (broad SMARTS) is 1. The number of quaternary nitrogens is 1. The maximum absolute atomic E-state index is 12.7. The fourth-order valence-electron chi connectivity index (χ4n) is 5.77. The van der Waals surface area contributed by atoms with Gasteiger partial charge in [0.1, 0.15) is 12.6 Å². The van der Waals surface area contributed by atoms with Crippen LogP contribution >= 0.6 is 0 Å². The van der Waals surface area contributed by atoms with Gasteiger partial charge in [0.25, 0.3) is 0 Å². The third-order valence-electron chi connectivity index (χ3n) is 9.20. The van der Waals surface area contributed by atoms with Crippen molar-refractivity contribution in [3.05, 3.63) is 97.2 Å². The maximum Gasteiger partial charge on any atom is 0.306 e. The van der Waals surface area contributed by atoms with Crippen LogP contribution in [0.15, 0.2) is 97.2 Å². The van der Waals surface area contributed by atoms with E-state index in [1.807, 2.05) is 0 Å². The molecule has 0 amide bonds. The lowest BCUT2D eigenvalue weighted by Crippen LogP contribution is -2.55. The Morgan fingerprint density at radius 2 is 0.966 bits per heavy atom. The molecule has 0 aromatic heterocycles. The highest BCUT2D eigenvalue weighted by Gasteiger charge is 2.25. The number of unbranched alkanes of at least 4 members (excludes halogenated alkanes) is 8. The highest BCUT2D eigenvalue weighted by molar-refractivity contribution is 5.70. The van der Waals surface area contributed by atoms with Crippen LogP contribution in [0, 0.1) is 0 Å². The molecule has 0 aromatic carbocycles.